The summed E-state index contributed by atoms with van der Waals surface area (Å²) < 4.78 is 28.1. The molecule has 1 atom stereocenters. The molecule has 0 radical (unpaired) electrons. The van der Waals surface area contributed by atoms with Crippen molar-refractivity contribution in [3.63, 3.8) is 0 Å². The number of carbonyl (C=O) groups is 1. The fraction of sp³-hybridized carbons (Fsp3) is 0.615. The topological polar surface area (TPSA) is 82.9 Å². The van der Waals surface area contributed by atoms with E-state index in [4.69, 9.17) is 5.11 Å². The van der Waals surface area contributed by atoms with E-state index >= 15 is 0 Å². The predicted octanol–water partition coefficient (Wildman–Crippen LogP) is 0.438. The zero-order valence-electron chi connectivity index (χ0n) is 12.5. The number of piperazine rings is 1. The second-order valence-electron chi connectivity index (χ2n) is 5.38. The third-order valence-corrected chi connectivity index (χ3v) is 5.88. The molecule has 7 nitrogen and oxygen atoms in total. The van der Waals surface area contributed by atoms with Crippen LogP contribution in [0, 0.1) is 0 Å². The SMILES string of the molecule is CCC1CN(S(=O)(=O)c2cc(C(=O)O)n(C)c2)CCN1C. The zero-order valence-corrected chi connectivity index (χ0v) is 13.3. The van der Waals surface area contributed by atoms with Crippen molar-refractivity contribution in [3.05, 3.63) is 18.0 Å². The van der Waals surface area contributed by atoms with Gasteiger partial charge in [-0.2, -0.15) is 4.31 Å². The minimum absolute atomic E-state index is 0.0326. The van der Waals surface area contributed by atoms with Crippen molar-refractivity contribution < 1.29 is 18.3 Å². The average molecular weight is 315 g/mol. The number of rotatable bonds is 4. The maximum atomic E-state index is 12.6. The van der Waals surface area contributed by atoms with Gasteiger partial charge in [0, 0.05) is 38.9 Å². The van der Waals surface area contributed by atoms with Crippen LogP contribution in [-0.2, 0) is 17.1 Å². The van der Waals surface area contributed by atoms with Crippen LogP contribution in [0.1, 0.15) is 23.8 Å². The van der Waals surface area contributed by atoms with Crippen molar-refractivity contribution in [1.29, 1.82) is 0 Å². The van der Waals surface area contributed by atoms with E-state index in [1.807, 2.05) is 14.0 Å². The molecule has 2 heterocycles. The maximum absolute atomic E-state index is 12.6. The molecule has 0 amide bonds. The van der Waals surface area contributed by atoms with Crippen LogP contribution >= 0.6 is 0 Å². The lowest BCUT2D eigenvalue weighted by Gasteiger charge is -2.38. The molecule has 1 fully saturated rings. The molecule has 1 aliphatic rings. The third-order valence-electron chi connectivity index (χ3n) is 4.05. The molecule has 0 aromatic carbocycles. The summed E-state index contributed by atoms with van der Waals surface area (Å²) in [5.74, 6) is -1.14. The highest BCUT2D eigenvalue weighted by Crippen LogP contribution is 2.22. The number of carboxylic acid groups (broad SMARTS) is 1. The molecule has 0 saturated carbocycles. The van der Waals surface area contributed by atoms with Crippen molar-refractivity contribution in [2.45, 2.75) is 24.3 Å². The second kappa shape index (κ2) is 5.78. The Morgan fingerprint density at radius 1 is 1.38 bits per heavy atom. The number of carboxylic acids is 1. The molecule has 0 aliphatic carbocycles. The van der Waals surface area contributed by atoms with Gasteiger partial charge in [-0.3, -0.25) is 0 Å². The molecule has 1 N–H and O–H groups in total. The van der Waals surface area contributed by atoms with Gasteiger partial charge in [0.15, 0.2) is 0 Å². The average Bonchev–Trinajstić information content (AvgIpc) is 2.82. The van der Waals surface area contributed by atoms with Gasteiger partial charge in [0.2, 0.25) is 10.0 Å². The van der Waals surface area contributed by atoms with Crippen LogP contribution in [0.15, 0.2) is 17.2 Å². The van der Waals surface area contributed by atoms with Gasteiger partial charge in [-0.05, 0) is 19.5 Å². The molecule has 8 heteroatoms. The van der Waals surface area contributed by atoms with E-state index in [9.17, 15) is 13.2 Å². The first kappa shape index (κ1) is 16.0. The number of aromatic nitrogens is 1. The molecule has 118 valence electrons. The number of sulfonamides is 1. The minimum Gasteiger partial charge on any atom is -0.477 e. The molecule has 1 aromatic rings. The summed E-state index contributed by atoms with van der Waals surface area (Å²) >= 11 is 0. The molecule has 1 unspecified atom stereocenters. The molecule has 0 spiro atoms. The van der Waals surface area contributed by atoms with Crippen LogP contribution in [0.4, 0.5) is 0 Å². The van der Waals surface area contributed by atoms with Crippen LogP contribution in [0.5, 0.6) is 0 Å². The van der Waals surface area contributed by atoms with Gasteiger partial charge in [-0.25, -0.2) is 13.2 Å². The Balaban J connectivity index is 2.30. The van der Waals surface area contributed by atoms with E-state index < -0.39 is 16.0 Å². The number of hydrogen-bond donors (Lipinski definition) is 1. The number of hydrogen-bond acceptors (Lipinski definition) is 4. The molecular weight excluding hydrogens is 294 g/mol. The first-order chi connectivity index (χ1) is 9.77. The van der Waals surface area contributed by atoms with Crippen LogP contribution in [0.25, 0.3) is 0 Å². The monoisotopic (exact) mass is 315 g/mol. The van der Waals surface area contributed by atoms with Gasteiger partial charge in [-0.15, -0.1) is 0 Å². The number of likely N-dealkylation sites (N-methyl/N-ethyl adjacent to an activating group) is 1. The van der Waals surface area contributed by atoms with E-state index in [0.717, 1.165) is 6.42 Å². The molecule has 1 saturated heterocycles. The lowest BCUT2D eigenvalue weighted by molar-refractivity contribution is 0.0686. The van der Waals surface area contributed by atoms with Crippen molar-refractivity contribution >= 4 is 16.0 Å². The number of aromatic carboxylic acids is 1. The number of aryl methyl sites for hydroxylation is 1. The summed E-state index contributed by atoms with van der Waals surface area (Å²) in [5, 5.41) is 9.03. The van der Waals surface area contributed by atoms with Crippen molar-refractivity contribution in [1.82, 2.24) is 13.8 Å². The van der Waals surface area contributed by atoms with Gasteiger partial charge >= 0.3 is 5.97 Å². The Bertz CT molecular complexity index is 638. The molecule has 2 rings (SSSR count). The molecule has 1 aromatic heterocycles. The van der Waals surface area contributed by atoms with Crippen LogP contribution < -0.4 is 0 Å². The van der Waals surface area contributed by atoms with Crippen LogP contribution in [-0.4, -0.2) is 66.0 Å². The maximum Gasteiger partial charge on any atom is 0.352 e. The van der Waals surface area contributed by atoms with Gasteiger partial charge in [0.05, 0.1) is 0 Å². The Kier molecular flexibility index (Phi) is 4.40. The quantitative estimate of drug-likeness (QED) is 0.871. The molecular formula is C13H21N3O4S. The first-order valence-electron chi connectivity index (χ1n) is 6.87. The molecule has 1 aliphatic heterocycles. The van der Waals surface area contributed by atoms with Crippen LogP contribution in [0.2, 0.25) is 0 Å². The normalized spacial score (nSPS) is 21.6. The summed E-state index contributed by atoms with van der Waals surface area (Å²) in [5.41, 5.74) is -0.0326. The fourth-order valence-corrected chi connectivity index (χ4v) is 4.15. The zero-order chi connectivity index (χ0) is 15.8. The van der Waals surface area contributed by atoms with E-state index in [2.05, 4.69) is 4.90 Å². The van der Waals surface area contributed by atoms with Gasteiger partial charge in [0.1, 0.15) is 10.6 Å². The lowest BCUT2D eigenvalue weighted by Crippen LogP contribution is -2.52. The summed E-state index contributed by atoms with van der Waals surface area (Å²) in [4.78, 5) is 13.2. The Morgan fingerprint density at radius 2 is 2.05 bits per heavy atom. The summed E-state index contributed by atoms with van der Waals surface area (Å²) in [7, 11) is -0.123. The van der Waals surface area contributed by atoms with E-state index in [0.29, 0.717) is 19.6 Å². The van der Waals surface area contributed by atoms with Crippen molar-refractivity contribution in [2.75, 3.05) is 26.7 Å². The first-order valence-corrected chi connectivity index (χ1v) is 8.31. The second-order valence-corrected chi connectivity index (χ2v) is 7.32. The van der Waals surface area contributed by atoms with E-state index in [1.54, 1.807) is 0 Å². The van der Waals surface area contributed by atoms with Gasteiger partial charge < -0.3 is 14.6 Å². The Morgan fingerprint density at radius 3 is 2.57 bits per heavy atom. The highest BCUT2D eigenvalue weighted by atomic mass is 32.2. The molecule has 21 heavy (non-hydrogen) atoms. The van der Waals surface area contributed by atoms with Gasteiger partial charge in [0.25, 0.3) is 0 Å². The van der Waals surface area contributed by atoms with Crippen LogP contribution in [0.3, 0.4) is 0 Å². The van der Waals surface area contributed by atoms with Crippen molar-refractivity contribution in [2.24, 2.45) is 7.05 Å². The standard InChI is InChI=1S/C13H21N3O4S/c1-4-10-8-16(6-5-14(10)2)21(19,20)11-7-12(13(17)18)15(3)9-11/h7,9-10H,4-6,8H2,1-3H3,(H,17,18). The summed E-state index contributed by atoms with van der Waals surface area (Å²) in [6.07, 6.45) is 2.23. The fourth-order valence-electron chi connectivity index (χ4n) is 2.61. The summed E-state index contributed by atoms with van der Waals surface area (Å²) in [6, 6.07) is 1.41. The minimum atomic E-state index is -3.64. The molecule has 0 bridgehead atoms. The summed E-state index contributed by atoms with van der Waals surface area (Å²) in [6.45, 7) is 3.57. The third kappa shape index (κ3) is 2.97. The Labute approximate surface area is 124 Å². The predicted molar refractivity (Wildman–Crippen MR) is 77.8 cm³/mol. The highest BCUT2D eigenvalue weighted by molar-refractivity contribution is 7.89. The smallest absolute Gasteiger partial charge is 0.352 e. The van der Waals surface area contributed by atoms with Crippen molar-refractivity contribution in [3.8, 4) is 0 Å². The lowest BCUT2D eigenvalue weighted by atomic mass is 10.1. The highest BCUT2D eigenvalue weighted by Gasteiger charge is 2.33. The van der Waals surface area contributed by atoms with Gasteiger partial charge in [-0.1, -0.05) is 6.92 Å². The van der Waals surface area contributed by atoms with E-state index in [-0.39, 0.29) is 16.6 Å². The van der Waals surface area contributed by atoms with E-state index in [1.165, 1.54) is 28.2 Å². The largest absolute Gasteiger partial charge is 0.477 e. The number of nitrogens with zero attached hydrogens (tertiary/aromatic N) is 3. The Hall–Kier alpha value is -1.38.